The highest BCUT2D eigenvalue weighted by Gasteiger charge is 2.38. The number of rotatable bonds is 2. The molecule has 7 heteroatoms. The van der Waals surface area contributed by atoms with Crippen LogP contribution >= 0.6 is 12.6 Å². The van der Waals surface area contributed by atoms with E-state index in [2.05, 4.69) is 12.6 Å². The lowest BCUT2D eigenvalue weighted by Crippen LogP contribution is -2.31. The molecule has 1 aromatic rings. The van der Waals surface area contributed by atoms with Gasteiger partial charge in [0.05, 0.1) is 15.9 Å². The van der Waals surface area contributed by atoms with Gasteiger partial charge in [-0.25, -0.2) is 4.90 Å². The monoisotopic (exact) mass is 308 g/mol. The topological polar surface area (TPSA) is 80.5 Å². The normalized spacial score (nSPS) is 19.2. The maximum absolute atomic E-state index is 12.0. The molecule has 1 unspecified atom stereocenters. The maximum atomic E-state index is 12.0. The van der Waals surface area contributed by atoms with E-state index in [0.29, 0.717) is 11.3 Å². The number of hydrogen-bond donors (Lipinski definition) is 1. The Morgan fingerprint density at radius 1 is 1.33 bits per heavy atom. The fourth-order valence-corrected chi connectivity index (χ4v) is 2.58. The number of nitrogens with zero attached hydrogens (tertiary/aromatic N) is 2. The lowest BCUT2D eigenvalue weighted by Gasteiger charge is -2.22. The summed E-state index contributed by atoms with van der Waals surface area (Å²) in [5.41, 5.74) is 0.336. The summed E-state index contributed by atoms with van der Waals surface area (Å²) < 4.78 is 0. The van der Waals surface area contributed by atoms with Crippen molar-refractivity contribution in [2.45, 2.75) is 37.9 Å². The van der Waals surface area contributed by atoms with Crippen LogP contribution < -0.4 is 4.90 Å². The highest BCUT2D eigenvalue weighted by Crippen LogP contribution is 2.36. The molecular weight excluding hydrogens is 292 g/mol. The number of thiol groups is 1. The molecule has 2 amide bonds. The van der Waals surface area contributed by atoms with E-state index in [1.165, 1.54) is 12.1 Å². The third-order valence-electron chi connectivity index (χ3n) is 3.37. The molecule has 0 saturated carbocycles. The van der Waals surface area contributed by atoms with E-state index < -0.39 is 21.5 Å². The van der Waals surface area contributed by atoms with Crippen molar-refractivity contribution in [3.63, 3.8) is 0 Å². The number of nitro groups is 1. The average Bonchev–Trinajstić information content (AvgIpc) is 2.61. The van der Waals surface area contributed by atoms with Gasteiger partial charge in [-0.3, -0.25) is 19.7 Å². The van der Waals surface area contributed by atoms with Crippen molar-refractivity contribution >= 4 is 35.8 Å². The van der Waals surface area contributed by atoms with Crippen LogP contribution in [0.2, 0.25) is 0 Å². The second kappa shape index (κ2) is 5.14. The second-order valence-electron chi connectivity index (χ2n) is 6.00. The van der Waals surface area contributed by atoms with Gasteiger partial charge < -0.3 is 0 Å². The van der Waals surface area contributed by atoms with Crippen LogP contribution in [0, 0.1) is 10.1 Å². The van der Waals surface area contributed by atoms with E-state index in [1.54, 1.807) is 6.07 Å². The Morgan fingerprint density at radius 3 is 2.38 bits per heavy atom. The molecule has 1 heterocycles. The van der Waals surface area contributed by atoms with Crippen LogP contribution in [-0.2, 0) is 15.0 Å². The Hall–Kier alpha value is -1.89. The summed E-state index contributed by atoms with van der Waals surface area (Å²) >= 11 is 4.07. The Labute approximate surface area is 127 Å². The van der Waals surface area contributed by atoms with Crippen molar-refractivity contribution < 1.29 is 14.5 Å². The fraction of sp³-hybridized carbons (Fsp3) is 0.429. The number of carbonyl (C=O) groups is 2. The molecule has 1 aliphatic rings. The van der Waals surface area contributed by atoms with E-state index in [0.717, 1.165) is 4.90 Å². The van der Waals surface area contributed by atoms with Crippen LogP contribution in [0.25, 0.3) is 0 Å². The highest BCUT2D eigenvalue weighted by molar-refractivity contribution is 7.82. The molecule has 1 atom stereocenters. The summed E-state index contributed by atoms with van der Waals surface area (Å²) in [7, 11) is 0. The summed E-state index contributed by atoms with van der Waals surface area (Å²) in [5, 5.41) is 10.5. The van der Waals surface area contributed by atoms with Crippen molar-refractivity contribution in [2.75, 3.05) is 4.90 Å². The van der Waals surface area contributed by atoms with Gasteiger partial charge >= 0.3 is 0 Å². The molecule has 6 nitrogen and oxygen atoms in total. The van der Waals surface area contributed by atoms with Gasteiger partial charge in [-0.2, -0.15) is 12.6 Å². The number of hydrogen-bond acceptors (Lipinski definition) is 5. The van der Waals surface area contributed by atoms with Crippen molar-refractivity contribution in [2.24, 2.45) is 0 Å². The van der Waals surface area contributed by atoms with Crippen LogP contribution in [0.15, 0.2) is 18.2 Å². The molecule has 0 radical (unpaired) electrons. The summed E-state index contributed by atoms with van der Waals surface area (Å²) in [6.45, 7) is 5.52. The van der Waals surface area contributed by atoms with Crippen LogP contribution in [-0.4, -0.2) is 22.0 Å². The number of imide groups is 1. The van der Waals surface area contributed by atoms with E-state index >= 15 is 0 Å². The summed E-state index contributed by atoms with van der Waals surface area (Å²) in [4.78, 5) is 35.6. The first-order chi connectivity index (χ1) is 9.62. The van der Waals surface area contributed by atoms with Crippen molar-refractivity contribution in [3.05, 3.63) is 33.9 Å². The molecule has 1 saturated heterocycles. The zero-order valence-electron chi connectivity index (χ0n) is 12.0. The molecule has 0 aromatic heterocycles. The molecule has 1 aliphatic heterocycles. The number of benzene rings is 1. The number of carbonyl (C=O) groups excluding carboxylic acids is 2. The lowest BCUT2D eigenvalue weighted by molar-refractivity contribution is -0.386. The number of anilines is 1. The molecule has 21 heavy (non-hydrogen) atoms. The molecule has 0 spiro atoms. The van der Waals surface area contributed by atoms with Gasteiger partial charge in [0.1, 0.15) is 0 Å². The average molecular weight is 308 g/mol. The molecule has 0 N–H and O–H groups in total. The van der Waals surface area contributed by atoms with Gasteiger partial charge in [-0.05, 0) is 17.5 Å². The van der Waals surface area contributed by atoms with E-state index in [9.17, 15) is 19.7 Å². The minimum Gasteiger partial charge on any atom is -0.274 e. The van der Waals surface area contributed by atoms with E-state index in [-0.39, 0.29) is 18.0 Å². The van der Waals surface area contributed by atoms with Crippen LogP contribution in [0.5, 0.6) is 0 Å². The lowest BCUT2D eigenvalue weighted by atomic mass is 9.85. The molecule has 1 aromatic carbocycles. The third kappa shape index (κ3) is 2.78. The predicted molar refractivity (Wildman–Crippen MR) is 81.7 cm³/mol. The molecule has 0 bridgehead atoms. The molecule has 0 aliphatic carbocycles. The minimum absolute atomic E-state index is 0.0206. The Balaban J connectivity index is 2.55. The number of nitro benzene ring substituents is 1. The first-order valence-electron chi connectivity index (χ1n) is 6.46. The van der Waals surface area contributed by atoms with Gasteiger partial charge in [0.2, 0.25) is 11.8 Å². The van der Waals surface area contributed by atoms with Crippen LogP contribution in [0.3, 0.4) is 0 Å². The zero-order chi connectivity index (χ0) is 15.9. The predicted octanol–water partition coefficient (Wildman–Crippen LogP) is 2.45. The standard InChI is InChI=1S/C14H16N2O4S/c1-14(2,3)9-6-8(4-5-10(9)16(19)20)15-12(17)7-11(21)13(15)18/h4-6,11,21H,7H2,1-3H3. The molecule has 2 rings (SSSR count). The first-order valence-corrected chi connectivity index (χ1v) is 6.98. The third-order valence-corrected chi connectivity index (χ3v) is 3.77. The van der Waals surface area contributed by atoms with Crippen LogP contribution in [0.4, 0.5) is 11.4 Å². The van der Waals surface area contributed by atoms with Gasteiger partial charge in [-0.15, -0.1) is 0 Å². The molecule has 112 valence electrons. The largest absolute Gasteiger partial charge is 0.274 e. The Morgan fingerprint density at radius 2 is 1.95 bits per heavy atom. The first kappa shape index (κ1) is 15.5. The van der Waals surface area contributed by atoms with Crippen LogP contribution in [0.1, 0.15) is 32.8 Å². The quantitative estimate of drug-likeness (QED) is 0.394. The summed E-state index contributed by atoms with van der Waals surface area (Å²) in [6.07, 6.45) is 0.0454. The van der Waals surface area contributed by atoms with E-state index in [4.69, 9.17) is 0 Å². The second-order valence-corrected chi connectivity index (χ2v) is 6.62. The van der Waals surface area contributed by atoms with Crippen molar-refractivity contribution in [1.82, 2.24) is 0 Å². The van der Waals surface area contributed by atoms with Gasteiger partial charge in [-0.1, -0.05) is 20.8 Å². The minimum atomic E-state index is -0.647. The smallest absolute Gasteiger partial charge is 0.273 e. The summed E-state index contributed by atoms with van der Waals surface area (Å²) in [6, 6.07) is 4.30. The Bertz CT molecular complexity index is 636. The van der Waals surface area contributed by atoms with Crippen molar-refractivity contribution in [3.8, 4) is 0 Å². The maximum Gasteiger partial charge on any atom is 0.273 e. The SMILES string of the molecule is CC(C)(C)c1cc(N2C(=O)CC(S)C2=O)ccc1[N+](=O)[O-]. The molecule has 1 fully saturated rings. The zero-order valence-corrected chi connectivity index (χ0v) is 12.9. The van der Waals surface area contributed by atoms with Gasteiger partial charge in [0.15, 0.2) is 0 Å². The highest BCUT2D eigenvalue weighted by atomic mass is 32.1. The van der Waals surface area contributed by atoms with Crippen molar-refractivity contribution in [1.29, 1.82) is 0 Å². The summed E-state index contributed by atoms with van der Waals surface area (Å²) in [5.74, 6) is -0.731. The molecular formula is C14H16N2O4S. The number of amides is 2. The van der Waals surface area contributed by atoms with E-state index in [1.807, 2.05) is 20.8 Å². The van der Waals surface area contributed by atoms with Gasteiger partial charge in [0.25, 0.3) is 5.69 Å². The van der Waals surface area contributed by atoms with Gasteiger partial charge in [0, 0.05) is 18.1 Å². The fourth-order valence-electron chi connectivity index (χ4n) is 2.31. The Kier molecular flexibility index (Phi) is 3.79.